The van der Waals surface area contributed by atoms with Crippen LogP contribution >= 0.6 is 11.6 Å². The molecule has 1 amide bonds. The Balaban J connectivity index is 1.71. The predicted molar refractivity (Wildman–Crippen MR) is 92.9 cm³/mol. The summed E-state index contributed by atoms with van der Waals surface area (Å²) in [6.45, 7) is 4.72. The quantitative estimate of drug-likeness (QED) is 0.763. The Morgan fingerprint density at radius 2 is 1.96 bits per heavy atom. The van der Waals surface area contributed by atoms with Crippen LogP contribution < -0.4 is 5.32 Å². The first-order valence-corrected chi connectivity index (χ1v) is 7.81. The molecular weight excluding hydrogens is 310 g/mol. The average molecular weight is 328 g/mol. The minimum Gasteiger partial charge on any atom is -0.351 e. The summed E-state index contributed by atoms with van der Waals surface area (Å²) >= 11 is 5.93. The largest absolute Gasteiger partial charge is 0.351 e. The first kappa shape index (κ1) is 15.6. The van der Waals surface area contributed by atoms with Crippen molar-refractivity contribution in [3.8, 4) is 0 Å². The summed E-state index contributed by atoms with van der Waals surface area (Å²) in [5, 5.41) is 3.71. The van der Waals surface area contributed by atoms with Crippen molar-refractivity contribution in [3.63, 3.8) is 0 Å². The van der Waals surface area contributed by atoms with Crippen molar-refractivity contribution in [2.75, 3.05) is 6.54 Å². The normalized spacial score (nSPS) is 11.6. The van der Waals surface area contributed by atoms with Gasteiger partial charge in [0.2, 0.25) is 0 Å². The van der Waals surface area contributed by atoms with Gasteiger partial charge >= 0.3 is 0 Å². The van der Waals surface area contributed by atoms with E-state index in [1.807, 2.05) is 36.4 Å². The molecule has 0 aliphatic carbocycles. The Morgan fingerprint density at radius 1 is 1.22 bits per heavy atom. The van der Waals surface area contributed by atoms with E-state index in [9.17, 15) is 4.79 Å². The Morgan fingerprint density at radius 3 is 2.70 bits per heavy atom. The maximum Gasteiger partial charge on any atom is 0.251 e. The molecule has 0 saturated heterocycles. The molecule has 1 heterocycles. The van der Waals surface area contributed by atoms with E-state index in [4.69, 9.17) is 11.6 Å². The molecule has 0 radical (unpaired) electrons. The van der Waals surface area contributed by atoms with E-state index < -0.39 is 0 Å². The van der Waals surface area contributed by atoms with Gasteiger partial charge in [0.15, 0.2) is 0 Å². The number of halogens is 1. The van der Waals surface area contributed by atoms with E-state index >= 15 is 0 Å². The summed E-state index contributed by atoms with van der Waals surface area (Å²) in [5.41, 5.74) is 3.27. The van der Waals surface area contributed by atoms with Crippen LogP contribution in [-0.4, -0.2) is 22.4 Å². The molecule has 0 unspecified atom stereocenters. The van der Waals surface area contributed by atoms with E-state index in [1.165, 1.54) is 0 Å². The van der Waals surface area contributed by atoms with Crippen LogP contribution in [0.15, 0.2) is 48.8 Å². The highest BCUT2D eigenvalue weighted by molar-refractivity contribution is 6.30. The third kappa shape index (κ3) is 3.37. The average Bonchev–Trinajstić information content (AvgIpc) is 3.00. The van der Waals surface area contributed by atoms with E-state index in [1.54, 1.807) is 12.4 Å². The zero-order valence-electron chi connectivity index (χ0n) is 13.1. The predicted octanol–water partition coefficient (Wildman–Crippen LogP) is 3.92. The lowest BCUT2D eigenvalue weighted by Gasteiger charge is -2.25. The van der Waals surface area contributed by atoms with Crippen molar-refractivity contribution in [2.24, 2.45) is 0 Å². The van der Waals surface area contributed by atoms with E-state index in [-0.39, 0.29) is 11.3 Å². The molecule has 23 heavy (non-hydrogen) atoms. The highest BCUT2D eigenvalue weighted by Crippen LogP contribution is 2.24. The molecule has 5 heteroatoms. The third-order valence-corrected chi connectivity index (χ3v) is 4.25. The summed E-state index contributed by atoms with van der Waals surface area (Å²) in [5.74, 6) is -0.0939. The van der Waals surface area contributed by atoms with E-state index in [2.05, 4.69) is 29.1 Å². The molecule has 0 spiro atoms. The summed E-state index contributed by atoms with van der Waals surface area (Å²) in [6, 6.07) is 13.2. The topological polar surface area (TPSA) is 57.8 Å². The van der Waals surface area contributed by atoms with Crippen LogP contribution in [0.1, 0.15) is 29.8 Å². The number of nitrogens with zero attached hydrogens (tertiary/aromatic N) is 1. The maximum atomic E-state index is 12.4. The Labute approximate surface area is 139 Å². The smallest absolute Gasteiger partial charge is 0.251 e. The molecule has 0 aliphatic heterocycles. The Hall–Kier alpha value is -2.33. The minimum atomic E-state index is -0.182. The van der Waals surface area contributed by atoms with Crippen molar-refractivity contribution in [1.82, 2.24) is 15.3 Å². The van der Waals surface area contributed by atoms with E-state index in [0.717, 1.165) is 16.6 Å². The zero-order valence-corrected chi connectivity index (χ0v) is 13.8. The van der Waals surface area contributed by atoms with Crippen molar-refractivity contribution in [1.29, 1.82) is 0 Å². The van der Waals surface area contributed by atoms with Gasteiger partial charge in [0, 0.05) is 22.5 Å². The summed E-state index contributed by atoms with van der Waals surface area (Å²) in [6.07, 6.45) is 1.62. The molecule has 2 N–H and O–H groups in total. The SMILES string of the molecule is CC(C)(CNC(=O)c1ccc2nc[nH]c2c1)c1ccc(Cl)cc1. The molecule has 4 nitrogen and oxygen atoms in total. The number of aromatic amines is 1. The lowest BCUT2D eigenvalue weighted by atomic mass is 9.84. The first-order chi connectivity index (χ1) is 11.0. The molecule has 118 valence electrons. The van der Waals surface area contributed by atoms with Gasteiger partial charge in [-0.1, -0.05) is 37.6 Å². The Kier molecular flexibility index (Phi) is 4.09. The number of fused-ring (bicyclic) bond motifs is 1. The van der Waals surface area contributed by atoms with Crippen LogP contribution in [0.3, 0.4) is 0 Å². The molecular formula is C18H18ClN3O. The van der Waals surface area contributed by atoms with Gasteiger partial charge in [0.25, 0.3) is 5.91 Å². The number of imidazole rings is 1. The Bertz CT molecular complexity index is 837. The fraction of sp³-hybridized carbons (Fsp3) is 0.222. The standard InChI is InChI=1S/C18H18ClN3O/c1-18(2,13-4-6-14(19)7-5-13)10-20-17(23)12-3-8-15-16(9-12)22-11-21-15/h3-9,11H,10H2,1-2H3,(H,20,23)(H,21,22). The van der Waals surface area contributed by atoms with Crippen molar-refractivity contribution in [2.45, 2.75) is 19.3 Å². The lowest BCUT2D eigenvalue weighted by Crippen LogP contribution is -2.36. The van der Waals surface area contributed by atoms with Crippen LogP contribution in [0.5, 0.6) is 0 Å². The number of carbonyl (C=O) groups excluding carboxylic acids is 1. The van der Waals surface area contributed by atoms with Crippen molar-refractivity contribution >= 4 is 28.5 Å². The van der Waals surface area contributed by atoms with Gasteiger partial charge in [0.05, 0.1) is 17.4 Å². The van der Waals surface area contributed by atoms with Crippen molar-refractivity contribution in [3.05, 3.63) is 64.9 Å². The number of nitrogens with one attached hydrogen (secondary N) is 2. The monoisotopic (exact) mass is 327 g/mol. The van der Waals surface area contributed by atoms with Gasteiger partial charge in [-0.25, -0.2) is 4.98 Å². The number of amides is 1. The highest BCUT2D eigenvalue weighted by Gasteiger charge is 2.21. The molecule has 2 aromatic carbocycles. The number of H-pyrrole nitrogens is 1. The van der Waals surface area contributed by atoms with Crippen LogP contribution in [0.4, 0.5) is 0 Å². The van der Waals surface area contributed by atoms with Gasteiger partial charge in [-0.15, -0.1) is 0 Å². The lowest BCUT2D eigenvalue weighted by molar-refractivity contribution is 0.0946. The molecule has 0 aliphatic rings. The second-order valence-electron chi connectivity index (χ2n) is 6.21. The molecule has 3 aromatic rings. The van der Waals surface area contributed by atoms with Gasteiger partial charge in [-0.05, 0) is 35.9 Å². The summed E-state index contributed by atoms with van der Waals surface area (Å²) in [4.78, 5) is 19.5. The zero-order chi connectivity index (χ0) is 16.4. The minimum absolute atomic E-state index is 0.0939. The van der Waals surface area contributed by atoms with Gasteiger partial charge in [0.1, 0.15) is 0 Å². The number of aromatic nitrogens is 2. The van der Waals surface area contributed by atoms with Crippen molar-refractivity contribution < 1.29 is 4.79 Å². The van der Waals surface area contributed by atoms with Crippen LogP contribution in [0.25, 0.3) is 11.0 Å². The molecule has 0 bridgehead atoms. The number of rotatable bonds is 4. The van der Waals surface area contributed by atoms with Crippen LogP contribution in [-0.2, 0) is 5.41 Å². The molecule has 0 saturated carbocycles. The summed E-state index contributed by atoms with van der Waals surface area (Å²) < 4.78 is 0. The summed E-state index contributed by atoms with van der Waals surface area (Å²) in [7, 11) is 0. The molecule has 3 rings (SSSR count). The van der Waals surface area contributed by atoms with Gasteiger partial charge < -0.3 is 10.3 Å². The number of carbonyl (C=O) groups is 1. The number of hydrogen-bond donors (Lipinski definition) is 2. The van der Waals surface area contributed by atoms with Gasteiger partial charge in [-0.3, -0.25) is 4.79 Å². The highest BCUT2D eigenvalue weighted by atomic mass is 35.5. The molecule has 1 aromatic heterocycles. The van der Waals surface area contributed by atoms with Crippen LogP contribution in [0.2, 0.25) is 5.02 Å². The maximum absolute atomic E-state index is 12.4. The third-order valence-electron chi connectivity index (χ3n) is 4.00. The number of benzene rings is 2. The molecule has 0 fully saturated rings. The number of hydrogen-bond acceptors (Lipinski definition) is 2. The van der Waals surface area contributed by atoms with Crippen LogP contribution in [0, 0.1) is 0 Å². The second-order valence-corrected chi connectivity index (χ2v) is 6.64. The fourth-order valence-electron chi connectivity index (χ4n) is 2.48. The first-order valence-electron chi connectivity index (χ1n) is 7.43. The van der Waals surface area contributed by atoms with Gasteiger partial charge in [-0.2, -0.15) is 0 Å². The van der Waals surface area contributed by atoms with E-state index in [0.29, 0.717) is 17.1 Å². The molecule has 0 atom stereocenters. The fourth-order valence-corrected chi connectivity index (χ4v) is 2.61. The second kappa shape index (κ2) is 6.05.